The minimum Gasteiger partial charge on any atom is -0.496 e. The number of hydrogen-bond acceptors (Lipinski definition) is 8. The van der Waals surface area contributed by atoms with E-state index >= 15 is 0 Å². The van der Waals surface area contributed by atoms with Crippen LogP contribution in [0.2, 0.25) is 0 Å². The molecule has 1 aliphatic rings. The van der Waals surface area contributed by atoms with Crippen molar-refractivity contribution >= 4 is 31.3 Å². The third kappa shape index (κ3) is 18.1. The van der Waals surface area contributed by atoms with Crippen molar-refractivity contribution in [3.8, 4) is 40.2 Å². The smallest absolute Gasteiger partial charge is 0.351 e. The molecule has 0 spiro atoms. The van der Waals surface area contributed by atoms with Crippen LogP contribution in [0.25, 0.3) is 0 Å². The average molecular weight is 1640 g/mol. The molecule has 0 aliphatic carbocycles. The van der Waals surface area contributed by atoms with Gasteiger partial charge in [0.05, 0.1) is 49.8 Å². The van der Waals surface area contributed by atoms with E-state index in [1.165, 1.54) is 22.3 Å². The predicted molar refractivity (Wildman–Crippen MR) is 515 cm³/mol. The standard InChI is InChI=1S/C109H165BO8Si/c1-94(2,3)73-52-66(53-74(87(73)111-43)95(4,5)6)108(67-54-75(96(7,8)9)88(112-44)76(55-67)97(10,11)12)50-51-109(68-56-77(98(13,14)15)89(113-45)78(57-68)99(16,17)18,69-58-79(100(19,20)21)90(114-46)80(59-69)101(22,23)24)119(108,72-64-85(106(37,38)39)93(117-49)86(65-72)107(40,41)42)118-110(70-60-81(102(25,26)27)91(115-47)82(61-70)103(28,29)30)71-62-83(104(31,32)33)92(116-48)84(63-71)105(34,35)36/h52-65H,50-51H2,1-49H3. The van der Waals surface area contributed by atoms with Crippen molar-refractivity contribution in [1.29, 1.82) is 0 Å². The van der Waals surface area contributed by atoms with E-state index in [1.54, 1.807) is 0 Å². The first-order chi connectivity index (χ1) is 53.5. The summed E-state index contributed by atoms with van der Waals surface area (Å²) in [6, 6.07) is 36.4. The fourth-order valence-electron chi connectivity index (χ4n) is 19.4. The van der Waals surface area contributed by atoms with E-state index < -0.39 is 101 Å². The molecule has 0 N–H and O–H groups in total. The Balaban J connectivity index is 2.17. The molecule has 0 aromatic heterocycles. The van der Waals surface area contributed by atoms with Crippen LogP contribution in [-0.2, 0) is 90.2 Å². The van der Waals surface area contributed by atoms with Gasteiger partial charge in [-0.15, -0.1) is 0 Å². The highest BCUT2D eigenvalue weighted by Gasteiger charge is 2.76. The SMILES string of the molecule is COc1c(C(C)(C)C)cc(B(O[Si]2(c3cc(C(C)(C)C)c(OC)c(C(C)(C)C)c3)C(c3cc(C(C)(C)C)c(OC)c(C(C)(C)C)c3)(c3cc(C(C)(C)C)c(OC)c(C(C)(C)C)c3)CCC2(c2cc(C(C)(C)C)c(OC)c(C(C)(C)C)c2)c2cc(C(C)(C)C)c(OC)c(C(C)(C)C)c2)c2cc(C(C)(C)C)c(OC)c(C(C)(C)C)c2)cc1C(C)(C)C. The van der Waals surface area contributed by atoms with Gasteiger partial charge in [0.15, 0.2) is 0 Å². The molecule has 1 fully saturated rings. The monoisotopic (exact) mass is 1640 g/mol. The summed E-state index contributed by atoms with van der Waals surface area (Å²) in [6.07, 6.45) is 1.20. The van der Waals surface area contributed by atoms with Crippen molar-refractivity contribution in [1.82, 2.24) is 0 Å². The highest BCUT2D eigenvalue weighted by molar-refractivity contribution is 7.00. The first-order valence-corrected chi connectivity index (χ1v) is 46.3. The van der Waals surface area contributed by atoms with Crippen LogP contribution >= 0.6 is 0 Å². The van der Waals surface area contributed by atoms with Crippen molar-refractivity contribution in [3.63, 3.8) is 0 Å². The van der Waals surface area contributed by atoms with E-state index in [0.717, 1.165) is 134 Å². The second-order valence-electron chi connectivity index (χ2n) is 49.8. The normalized spacial score (nSPS) is 15.6. The maximum absolute atomic E-state index is 10.8. The summed E-state index contributed by atoms with van der Waals surface area (Å²) in [5.74, 6) is 6.27. The molecule has 1 heterocycles. The Bertz CT molecular complexity index is 4220. The number of methoxy groups -OCH3 is 7. The number of rotatable bonds is 16. The third-order valence-electron chi connectivity index (χ3n) is 25.8. The molecule has 0 saturated carbocycles. The van der Waals surface area contributed by atoms with Crippen LogP contribution in [0, 0.1) is 0 Å². The summed E-state index contributed by atoms with van der Waals surface area (Å²) in [5.41, 5.74) is 15.9. The zero-order valence-corrected chi connectivity index (χ0v) is 85.8. The topological polar surface area (TPSA) is 73.8 Å². The number of benzene rings is 7. The molecule has 7 aromatic carbocycles. The number of ether oxygens (including phenoxy) is 7. The van der Waals surface area contributed by atoms with Crippen LogP contribution in [0.1, 0.15) is 404 Å². The molecule has 656 valence electrons. The van der Waals surface area contributed by atoms with Crippen molar-refractivity contribution in [3.05, 3.63) is 185 Å². The quantitative estimate of drug-likeness (QED) is 0.0886. The average Bonchev–Trinajstić information content (AvgIpc) is 1.62. The molecule has 0 unspecified atom stereocenters. The molecule has 119 heavy (non-hydrogen) atoms. The molecule has 8 rings (SSSR count). The highest BCUT2D eigenvalue weighted by Crippen LogP contribution is 2.68. The van der Waals surface area contributed by atoms with Crippen LogP contribution in [0.3, 0.4) is 0 Å². The van der Waals surface area contributed by atoms with Gasteiger partial charge in [-0.05, 0) is 160 Å². The molecule has 8 nitrogen and oxygen atoms in total. The lowest BCUT2D eigenvalue weighted by Gasteiger charge is -2.56. The third-order valence-corrected chi connectivity index (χ3v) is 31.5. The maximum Gasteiger partial charge on any atom is 0.351 e. The summed E-state index contributed by atoms with van der Waals surface area (Å²) in [5, 5.41) is -1.22. The Morgan fingerprint density at radius 1 is 0.202 bits per heavy atom. The van der Waals surface area contributed by atoms with Crippen molar-refractivity contribution in [2.24, 2.45) is 0 Å². The second kappa shape index (κ2) is 31.9. The van der Waals surface area contributed by atoms with Crippen molar-refractivity contribution in [2.45, 2.75) is 390 Å². The lowest BCUT2D eigenvalue weighted by molar-refractivity contribution is 0.378. The Hall–Kier alpha value is -6.62. The molecule has 0 atom stereocenters. The zero-order chi connectivity index (χ0) is 91.2. The minimum absolute atomic E-state index is 0.439. The van der Waals surface area contributed by atoms with E-state index in [0.29, 0.717) is 12.8 Å². The molecule has 0 amide bonds. The van der Waals surface area contributed by atoms with E-state index in [1.807, 2.05) is 49.8 Å². The summed E-state index contributed by atoms with van der Waals surface area (Å²) < 4.78 is 60.2. The predicted octanol–water partition coefficient (Wildman–Crippen LogP) is 26.7. The van der Waals surface area contributed by atoms with Gasteiger partial charge in [-0.1, -0.05) is 376 Å². The molecule has 7 aromatic rings. The van der Waals surface area contributed by atoms with E-state index in [-0.39, 0.29) is 0 Å². The van der Waals surface area contributed by atoms with Crippen LogP contribution in [0.15, 0.2) is 84.9 Å². The lowest BCUT2D eigenvalue weighted by atomic mass is 9.53. The van der Waals surface area contributed by atoms with Crippen LogP contribution in [0.5, 0.6) is 40.2 Å². The summed E-state index contributed by atoms with van der Waals surface area (Å²) in [7, 11) is 8.14. The largest absolute Gasteiger partial charge is 0.496 e. The first kappa shape index (κ1) is 97.8. The van der Waals surface area contributed by atoms with E-state index in [9.17, 15) is 4.34 Å². The minimum atomic E-state index is -5.06. The summed E-state index contributed by atoms with van der Waals surface area (Å²) in [6.45, 7) is 98.8. The van der Waals surface area contributed by atoms with Crippen LogP contribution in [-0.4, -0.2) is 65.0 Å². The summed E-state index contributed by atoms with van der Waals surface area (Å²) >= 11 is 0. The molecule has 10 heteroatoms. The van der Waals surface area contributed by atoms with E-state index in [2.05, 4.69) is 376 Å². The van der Waals surface area contributed by atoms with Gasteiger partial charge in [-0.25, -0.2) is 0 Å². The zero-order valence-electron chi connectivity index (χ0n) is 84.8. The molecule has 0 radical (unpaired) electrons. The van der Waals surface area contributed by atoms with Gasteiger partial charge >= 0.3 is 6.92 Å². The van der Waals surface area contributed by atoms with Gasteiger partial charge in [0.25, 0.3) is 0 Å². The Kier molecular flexibility index (Phi) is 26.2. The number of hydrogen-bond donors (Lipinski definition) is 0. The lowest BCUT2D eigenvalue weighted by Crippen LogP contribution is -2.77. The molecular formula is C109H165BO8Si. The molecular weight excluding hydrogens is 1480 g/mol. The van der Waals surface area contributed by atoms with Gasteiger partial charge < -0.3 is 37.5 Å². The Morgan fingerprint density at radius 2 is 0.328 bits per heavy atom. The van der Waals surface area contributed by atoms with Crippen molar-refractivity contribution < 1.29 is 37.5 Å². The Morgan fingerprint density at radius 3 is 0.454 bits per heavy atom. The summed E-state index contributed by atoms with van der Waals surface area (Å²) in [4.78, 5) is 0. The highest BCUT2D eigenvalue weighted by atomic mass is 28.4. The second-order valence-corrected chi connectivity index (χ2v) is 53.7. The van der Waals surface area contributed by atoms with Crippen LogP contribution in [0.4, 0.5) is 0 Å². The van der Waals surface area contributed by atoms with Gasteiger partial charge in [0, 0.05) is 54.6 Å². The van der Waals surface area contributed by atoms with E-state index in [4.69, 9.17) is 33.2 Å². The first-order valence-electron chi connectivity index (χ1n) is 44.3. The van der Waals surface area contributed by atoms with Crippen LogP contribution < -0.4 is 49.3 Å². The molecule has 0 bridgehead atoms. The van der Waals surface area contributed by atoms with Gasteiger partial charge in [0.1, 0.15) is 40.2 Å². The van der Waals surface area contributed by atoms with Crippen molar-refractivity contribution in [2.75, 3.05) is 49.8 Å². The van der Waals surface area contributed by atoms with Gasteiger partial charge in [-0.3, -0.25) is 0 Å². The fraction of sp³-hybridized carbons (Fsp3) is 0.615. The fourth-order valence-corrected chi connectivity index (χ4v) is 26.1. The maximum atomic E-state index is 10.8. The van der Waals surface area contributed by atoms with Gasteiger partial charge in [0.2, 0.25) is 8.32 Å². The molecule has 1 saturated heterocycles. The molecule has 1 aliphatic heterocycles. The van der Waals surface area contributed by atoms with Gasteiger partial charge in [-0.2, -0.15) is 0 Å². The Labute approximate surface area is 728 Å².